The second-order valence-electron chi connectivity index (χ2n) is 11.7. The normalized spacial score (nSPS) is 11.4. The summed E-state index contributed by atoms with van der Waals surface area (Å²) in [5.74, 6) is -1.65. The second kappa shape index (κ2) is 20.6. The van der Waals surface area contributed by atoms with Crippen LogP contribution in [0.25, 0.3) is 0 Å². The first-order chi connectivity index (χ1) is 23.3. The van der Waals surface area contributed by atoms with E-state index in [0.29, 0.717) is 22.4 Å². The second-order valence-corrected chi connectivity index (χ2v) is 11.7. The van der Waals surface area contributed by atoms with E-state index in [-0.39, 0.29) is 18.6 Å². The molecule has 3 aromatic rings. The summed E-state index contributed by atoms with van der Waals surface area (Å²) in [6.07, 6.45) is 2.69. The first-order valence-electron chi connectivity index (χ1n) is 16.1. The third-order valence-corrected chi connectivity index (χ3v) is 7.29. The number of anilines is 1. The Hall–Kier alpha value is -5.65. The molecule has 0 aliphatic heterocycles. The Morgan fingerprint density at radius 1 is 0.694 bits per heavy atom. The summed E-state index contributed by atoms with van der Waals surface area (Å²) in [4.78, 5) is 61.5. The van der Waals surface area contributed by atoms with E-state index in [9.17, 15) is 24.0 Å². The number of primary amides is 1. The van der Waals surface area contributed by atoms with Gasteiger partial charge in [0.25, 0.3) is 0 Å². The van der Waals surface area contributed by atoms with Crippen LogP contribution in [0.5, 0.6) is 0 Å². The maximum absolute atomic E-state index is 12.8. The van der Waals surface area contributed by atoms with Gasteiger partial charge in [0, 0.05) is 43.1 Å². The molecule has 0 spiro atoms. The van der Waals surface area contributed by atoms with E-state index in [4.69, 9.17) is 17.2 Å². The molecule has 0 fully saturated rings. The van der Waals surface area contributed by atoms with Crippen molar-refractivity contribution < 1.29 is 24.0 Å². The van der Waals surface area contributed by atoms with Gasteiger partial charge in [-0.15, -0.1) is 0 Å². The van der Waals surface area contributed by atoms with Crippen molar-refractivity contribution in [2.24, 2.45) is 11.5 Å². The molecule has 0 unspecified atom stereocenters. The van der Waals surface area contributed by atoms with Crippen LogP contribution in [0.1, 0.15) is 67.6 Å². The molecule has 3 aromatic carbocycles. The Balaban J connectivity index is 0.000000722. The van der Waals surface area contributed by atoms with Crippen LogP contribution in [0.15, 0.2) is 90.3 Å². The number of nitrogen functional groups attached to an aromatic ring is 1. The van der Waals surface area contributed by atoms with Crippen molar-refractivity contribution >= 4 is 35.1 Å². The zero-order valence-electron chi connectivity index (χ0n) is 28.7. The molecule has 0 radical (unpaired) electrons. The van der Waals surface area contributed by atoms with Gasteiger partial charge in [-0.05, 0) is 49.1 Å². The van der Waals surface area contributed by atoms with E-state index < -0.39 is 42.3 Å². The van der Waals surface area contributed by atoms with E-state index in [1.54, 1.807) is 72.8 Å². The number of benzene rings is 3. The van der Waals surface area contributed by atoms with E-state index >= 15 is 0 Å². The minimum Gasteiger partial charge on any atom is -0.399 e. The van der Waals surface area contributed by atoms with Crippen molar-refractivity contribution in [2.45, 2.75) is 65.5 Å². The summed E-state index contributed by atoms with van der Waals surface area (Å²) in [6.45, 7) is 8.03. The van der Waals surface area contributed by atoms with Gasteiger partial charge in [0.2, 0.25) is 23.6 Å². The molecule has 0 saturated carbocycles. The summed E-state index contributed by atoms with van der Waals surface area (Å²) in [6, 6.07) is 20.4. The topological polar surface area (TPSA) is 212 Å². The predicted molar refractivity (Wildman–Crippen MR) is 192 cm³/mol. The molecule has 0 bridgehead atoms. The van der Waals surface area contributed by atoms with Gasteiger partial charge in [-0.3, -0.25) is 24.0 Å². The molecule has 0 aliphatic rings. The molecule has 10 N–H and O–H groups in total. The lowest BCUT2D eigenvalue weighted by atomic mass is 9.99. The molecule has 49 heavy (non-hydrogen) atoms. The Morgan fingerprint density at radius 2 is 1.24 bits per heavy atom. The summed E-state index contributed by atoms with van der Waals surface area (Å²) in [7, 11) is 0. The quantitative estimate of drug-likeness (QED) is 0.0681. The minimum atomic E-state index is -0.985. The number of carbonyl (C=O) groups excluding carboxylic acids is 5. The van der Waals surface area contributed by atoms with Gasteiger partial charge < -0.3 is 38.5 Å². The van der Waals surface area contributed by atoms with Crippen molar-refractivity contribution in [2.75, 3.05) is 18.8 Å². The summed E-state index contributed by atoms with van der Waals surface area (Å²) >= 11 is 0. The van der Waals surface area contributed by atoms with E-state index in [2.05, 4.69) is 28.2 Å². The minimum absolute atomic E-state index is 0.130. The number of hydrogen-bond donors (Lipinski definition) is 7. The van der Waals surface area contributed by atoms with Crippen LogP contribution in [0.4, 0.5) is 5.69 Å². The maximum atomic E-state index is 12.8. The average molecular weight is 672 g/mol. The van der Waals surface area contributed by atoms with Crippen LogP contribution < -0.4 is 38.5 Å². The standard InChI is InChI=1S/C29H31N5O5.C8H18N2/c1-18(35)33-25(16-19-7-11-22(12-8-19)27(37)21-5-3-2-4-6-21)29(39)32-17-26(36)34-24(28(31)38)15-20-9-13-23(30)14-10-20;1-4-5-6-10-8(9)7(2)3/h2-14,24-25H,15-17,30H2,1H3,(H2,31,38)(H,32,39)(H,33,35)(H,34,36);10H,4-6,9H2,1-3H3/t24-,25-;/m0./s1. The number of unbranched alkanes of at least 4 members (excludes halogenated alkanes) is 1. The van der Waals surface area contributed by atoms with Crippen LogP contribution in [-0.4, -0.2) is 54.6 Å². The Bertz CT molecular complexity index is 1570. The van der Waals surface area contributed by atoms with Gasteiger partial charge >= 0.3 is 0 Å². The highest BCUT2D eigenvalue weighted by Crippen LogP contribution is 2.13. The molecule has 0 saturated heterocycles. The molecular weight excluding hydrogens is 622 g/mol. The number of nitrogens with two attached hydrogens (primary N) is 3. The molecular formula is C37H49N7O5. The molecule has 12 heteroatoms. The van der Waals surface area contributed by atoms with Crippen LogP contribution >= 0.6 is 0 Å². The Morgan fingerprint density at radius 3 is 1.78 bits per heavy atom. The molecule has 0 aliphatic carbocycles. The zero-order valence-corrected chi connectivity index (χ0v) is 28.7. The fourth-order valence-corrected chi connectivity index (χ4v) is 4.46. The third-order valence-electron chi connectivity index (χ3n) is 7.29. The van der Waals surface area contributed by atoms with Crippen LogP contribution in [0, 0.1) is 0 Å². The highest BCUT2D eigenvalue weighted by Gasteiger charge is 2.23. The lowest BCUT2D eigenvalue weighted by Gasteiger charge is -2.19. The lowest BCUT2D eigenvalue weighted by Crippen LogP contribution is -2.52. The van der Waals surface area contributed by atoms with E-state index in [1.807, 2.05) is 19.9 Å². The number of carbonyl (C=O) groups is 5. The number of amides is 4. The van der Waals surface area contributed by atoms with Crippen molar-refractivity contribution in [3.8, 4) is 0 Å². The van der Waals surface area contributed by atoms with Gasteiger partial charge in [0.05, 0.1) is 12.4 Å². The highest BCUT2D eigenvalue weighted by molar-refractivity contribution is 6.09. The largest absolute Gasteiger partial charge is 0.399 e. The molecule has 4 amide bonds. The number of nitrogens with one attached hydrogen (secondary N) is 4. The van der Waals surface area contributed by atoms with Gasteiger partial charge in [-0.1, -0.05) is 80.1 Å². The molecule has 3 rings (SSSR count). The molecule has 12 nitrogen and oxygen atoms in total. The summed E-state index contributed by atoms with van der Waals surface area (Å²) < 4.78 is 0. The molecule has 0 aromatic heterocycles. The smallest absolute Gasteiger partial charge is 0.243 e. The molecule has 262 valence electrons. The summed E-state index contributed by atoms with van der Waals surface area (Å²) in [5.41, 5.74) is 21.0. The van der Waals surface area contributed by atoms with E-state index in [0.717, 1.165) is 23.5 Å². The number of hydrogen-bond acceptors (Lipinski definition) is 8. The van der Waals surface area contributed by atoms with Crippen LogP contribution in [-0.2, 0) is 32.0 Å². The Kier molecular flexibility index (Phi) is 16.6. The molecule has 2 atom stereocenters. The van der Waals surface area contributed by atoms with E-state index in [1.165, 1.54) is 19.8 Å². The highest BCUT2D eigenvalue weighted by atomic mass is 16.2. The first-order valence-corrected chi connectivity index (χ1v) is 16.1. The third kappa shape index (κ3) is 14.8. The number of rotatable bonds is 16. The molecule has 0 heterocycles. The van der Waals surface area contributed by atoms with Gasteiger partial charge in [-0.25, -0.2) is 0 Å². The Labute approximate surface area is 288 Å². The predicted octanol–water partition coefficient (Wildman–Crippen LogP) is 2.46. The van der Waals surface area contributed by atoms with Crippen molar-refractivity contribution in [3.63, 3.8) is 0 Å². The first kappa shape index (κ1) is 39.5. The van der Waals surface area contributed by atoms with Gasteiger partial charge in [0.15, 0.2) is 5.78 Å². The van der Waals surface area contributed by atoms with Gasteiger partial charge in [-0.2, -0.15) is 0 Å². The fourth-order valence-electron chi connectivity index (χ4n) is 4.46. The average Bonchev–Trinajstić information content (AvgIpc) is 3.08. The van der Waals surface area contributed by atoms with Crippen molar-refractivity contribution in [3.05, 3.63) is 113 Å². The number of ketones is 1. The zero-order chi connectivity index (χ0) is 36.3. The fraction of sp³-hybridized carbons (Fsp3) is 0.324. The van der Waals surface area contributed by atoms with Crippen LogP contribution in [0.2, 0.25) is 0 Å². The number of allylic oxidation sites excluding steroid dienone is 1. The van der Waals surface area contributed by atoms with Crippen molar-refractivity contribution in [1.82, 2.24) is 21.3 Å². The SMILES string of the molecule is CC(=O)N[C@@H](Cc1ccc(C(=O)c2ccccc2)cc1)C(=O)NCC(=O)N[C@@H](Cc1ccc(N)cc1)C(N)=O.CCCCNC(N)=C(C)C. The maximum Gasteiger partial charge on any atom is 0.243 e. The monoisotopic (exact) mass is 671 g/mol. The van der Waals surface area contributed by atoms with Crippen LogP contribution in [0.3, 0.4) is 0 Å². The van der Waals surface area contributed by atoms with Crippen molar-refractivity contribution in [1.29, 1.82) is 0 Å². The van der Waals surface area contributed by atoms with Gasteiger partial charge in [0.1, 0.15) is 12.1 Å². The summed E-state index contributed by atoms with van der Waals surface area (Å²) in [5, 5.41) is 10.7. The lowest BCUT2D eigenvalue weighted by molar-refractivity contribution is -0.130.